The van der Waals surface area contributed by atoms with Gasteiger partial charge in [-0.25, -0.2) is 0 Å². The zero-order chi connectivity index (χ0) is 10.3. The van der Waals surface area contributed by atoms with Crippen molar-refractivity contribution in [3.63, 3.8) is 0 Å². The van der Waals surface area contributed by atoms with Crippen LogP contribution in [-0.4, -0.2) is 7.11 Å². The smallest absolute Gasteiger partial charge is 1.00 e. The molecule has 4 heteroatoms. The molecule has 0 aliphatic carbocycles. The Labute approximate surface area is 138 Å². The molecule has 0 unspecified atom stereocenters. The molecule has 3 aromatic rings. The summed E-state index contributed by atoms with van der Waals surface area (Å²) < 4.78 is 5.22. The minimum atomic E-state index is 0. The molecule has 0 spiro atoms. The van der Waals surface area contributed by atoms with E-state index in [4.69, 9.17) is 4.74 Å². The molecule has 0 amide bonds. The third kappa shape index (κ3) is 2.93. The molecule has 0 heterocycles. The molecule has 0 aliphatic rings. The van der Waals surface area contributed by atoms with Crippen molar-refractivity contribution in [2.24, 2.45) is 0 Å². The minimum absolute atomic E-state index is 0. The van der Waals surface area contributed by atoms with Crippen LogP contribution in [0.3, 0.4) is 0 Å². The van der Waals surface area contributed by atoms with Crippen molar-refractivity contribution in [3.05, 3.63) is 48.5 Å². The van der Waals surface area contributed by atoms with Crippen LogP contribution in [0.25, 0.3) is 21.5 Å². The third-order valence-electron chi connectivity index (χ3n) is 2.82. The quantitative estimate of drug-likeness (QED) is 0.446. The predicted octanol–water partition coefficient (Wildman–Crippen LogP) is -2.27. The van der Waals surface area contributed by atoms with Gasteiger partial charge in [-0.15, -0.1) is 33.7 Å². The van der Waals surface area contributed by atoms with Gasteiger partial charge < -0.3 is 29.6 Å². The van der Waals surface area contributed by atoms with Crippen molar-refractivity contribution in [1.82, 2.24) is 0 Å². The van der Waals surface area contributed by atoms with Crippen LogP contribution in [0.5, 0.6) is 5.75 Å². The second kappa shape index (κ2) is 7.23. The summed E-state index contributed by atoms with van der Waals surface area (Å²) in [6, 6.07) is 16.9. The van der Waals surface area contributed by atoms with E-state index in [0.717, 1.165) is 5.75 Å². The van der Waals surface area contributed by atoms with E-state index in [1.54, 1.807) is 7.11 Å². The summed E-state index contributed by atoms with van der Waals surface area (Å²) in [7, 11) is 1.70. The molecule has 0 N–H and O–H groups in total. The number of halogens is 2. The van der Waals surface area contributed by atoms with Crippen LogP contribution in [0.1, 0.15) is 0 Å². The monoisotopic (exact) mass is 355 g/mol. The number of benzene rings is 2. The molecule has 0 atom stereocenters. The van der Waals surface area contributed by atoms with Crippen molar-refractivity contribution in [3.8, 4) is 5.75 Å². The first-order valence-corrected chi connectivity index (χ1v) is 5.01. The predicted molar refractivity (Wildman–Crippen MR) is 63.6 cm³/mol. The van der Waals surface area contributed by atoms with Gasteiger partial charge in [-0.05, 0) is 6.07 Å². The molecule has 0 bridgehead atoms. The zero-order valence-electron chi connectivity index (χ0n) is 9.78. The Bertz CT molecular complexity index is 634. The van der Waals surface area contributed by atoms with Crippen molar-refractivity contribution in [2.75, 3.05) is 7.11 Å². The van der Waals surface area contributed by atoms with Gasteiger partial charge in [0.25, 0.3) is 0 Å². The number of ether oxygens (including phenoxy) is 1. The van der Waals surface area contributed by atoms with Crippen molar-refractivity contribution in [1.29, 1.82) is 0 Å². The minimum Gasteiger partial charge on any atom is -1.00 e. The average Bonchev–Trinajstić information content (AvgIpc) is 2.66. The SMILES string of the molecule is COc1ccc2c(c1)[cH-]c1ccccc12.[Cl-].[Cl-].[Zr+3]. The van der Waals surface area contributed by atoms with E-state index >= 15 is 0 Å². The number of fused-ring (bicyclic) bond motifs is 3. The summed E-state index contributed by atoms with van der Waals surface area (Å²) in [5.41, 5.74) is 0. The third-order valence-corrected chi connectivity index (χ3v) is 2.82. The van der Waals surface area contributed by atoms with E-state index in [2.05, 4.69) is 42.5 Å². The van der Waals surface area contributed by atoms with Gasteiger partial charge in [0, 0.05) is 0 Å². The van der Waals surface area contributed by atoms with Gasteiger partial charge in [-0.3, -0.25) is 0 Å². The molecule has 0 saturated carbocycles. The molecule has 3 aromatic carbocycles. The fourth-order valence-corrected chi connectivity index (χ4v) is 2.07. The van der Waals surface area contributed by atoms with Gasteiger partial charge in [0.05, 0.1) is 12.9 Å². The van der Waals surface area contributed by atoms with E-state index in [1.807, 2.05) is 6.07 Å². The largest absolute Gasteiger partial charge is 3.00 e. The first-order valence-electron chi connectivity index (χ1n) is 5.01. The molecule has 1 radical (unpaired) electrons. The summed E-state index contributed by atoms with van der Waals surface area (Å²) in [4.78, 5) is 0. The van der Waals surface area contributed by atoms with Gasteiger partial charge in [0.15, 0.2) is 0 Å². The molecule has 0 aromatic heterocycles. The number of methoxy groups -OCH3 is 1. The van der Waals surface area contributed by atoms with Gasteiger partial charge in [0.2, 0.25) is 0 Å². The second-order valence-electron chi connectivity index (χ2n) is 3.68. The molecule has 3 rings (SSSR count). The Morgan fingerprint density at radius 2 is 1.56 bits per heavy atom. The van der Waals surface area contributed by atoms with Crippen LogP contribution in [0.15, 0.2) is 48.5 Å². The number of hydrogen-bond donors (Lipinski definition) is 0. The normalized spacial score (nSPS) is 9.17. The number of hydrogen-bond acceptors (Lipinski definition) is 1. The zero-order valence-corrected chi connectivity index (χ0v) is 13.8. The van der Waals surface area contributed by atoms with Crippen molar-refractivity contribution >= 4 is 21.5 Å². The number of rotatable bonds is 1. The summed E-state index contributed by atoms with van der Waals surface area (Å²) in [6.07, 6.45) is 0. The first kappa shape index (κ1) is 17.6. The van der Waals surface area contributed by atoms with E-state index in [1.165, 1.54) is 21.5 Å². The molecule has 0 aliphatic heterocycles. The molecule has 0 fully saturated rings. The Kier molecular flexibility index (Phi) is 7.06. The Morgan fingerprint density at radius 1 is 0.889 bits per heavy atom. The first-order chi connectivity index (χ1) is 7.38. The summed E-state index contributed by atoms with van der Waals surface area (Å²) in [5, 5.41) is 5.15. The Hall–Kier alpha value is -0.427. The van der Waals surface area contributed by atoms with Crippen LogP contribution in [0.2, 0.25) is 0 Å². The summed E-state index contributed by atoms with van der Waals surface area (Å²) in [5.74, 6) is 0.915. The van der Waals surface area contributed by atoms with E-state index in [9.17, 15) is 0 Å². The molecule has 91 valence electrons. The molecule has 18 heavy (non-hydrogen) atoms. The van der Waals surface area contributed by atoms with Crippen LogP contribution in [0, 0.1) is 0 Å². The standard InChI is InChI=1S/C14H11O.2ClH.Zr/c1-15-12-6-7-14-11(9-12)8-10-4-2-3-5-13(10)14;;;/h2-9H,1H3;2*1H;/q-1;;;+3/p-2. The fraction of sp³-hybridized carbons (Fsp3) is 0.0714. The summed E-state index contributed by atoms with van der Waals surface area (Å²) in [6.45, 7) is 0. The van der Waals surface area contributed by atoms with Gasteiger partial charge in [-0.2, -0.15) is 0 Å². The van der Waals surface area contributed by atoms with E-state index in [-0.39, 0.29) is 51.0 Å². The van der Waals surface area contributed by atoms with Crippen molar-refractivity contribution in [2.45, 2.75) is 0 Å². The molecular formula is C14H11Cl2OZr. The Balaban J connectivity index is 0.000000963. The fourth-order valence-electron chi connectivity index (χ4n) is 2.07. The maximum atomic E-state index is 5.22. The Morgan fingerprint density at radius 3 is 2.28 bits per heavy atom. The molecule has 1 nitrogen and oxygen atoms in total. The maximum Gasteiger partial charge on any atom is 3.00 e. The molecular weight excluding hydrogens is 346 g/mol. The summed E-state index contributed by atoms with van der Waals surface area (Å²) >= 11 is 0. The van der Waals surface area contributed by atoms with Gasteiger partial charge in [-0.1, -0.05) is 30.3 Å². The van der Waals surface area contributed by atoms with Crippen LogP contribution in [0.4, 0.5) is 0 Å². The van der Waals surface area contributed by atoms with Crippen LogP contribution >= 0.6 is 0 Å². The van der Waals surface area contributed by atoms with Gasteiger partial charge in [0.1, 0.15) is 0 Å². The van der Waals surface area contributed by atoms with Crippen LogP contribution < -0.4 is 29.6 Å². The molecule has 0 saturated heterocycles. The van der Waals surface area contributed by atoms with Gasteiger partial charge >= 0.3 is 26.2 Å². The van der Waals surface area contributed by atoms with E-state index in [0.29, 0.717) is 0 Å². The maximum absolute atomic E-state index is 5.22. The van der Waals surface area contributed by atoms with Crippen LogP contribution in [-0.2, 0) is 26.2 Å². The topological polar surface area (TPSA) is 9.23 Å². The van der Waals surface area contributed by atoms with E-state index < -0.39 is 0 Å². The average molecular weight is 357 g/mol. The van der Waals surface area contributed by atoms with Crippen molar-refractivity contribution < 1.29 is 55.8 Å². The second-order valence-corrected chi connectivity index (χ2v) is 3.68.